The summed E-state index contributed by atoms with van der Waals surface area (Å²) >= 11 is 12.5. The number of aromatic amines is 1. The molecule has 2 heterocycles. The van der Waals surface area contributed by atoms with Crippen LogP contribution in [0.4, 0.5) is 0 Å². The second kappa shape index (κ2) is 11.1. The number of thiocarbonyl (C=S) groups is 1. The van der Waals surface area contributed by atoms with Crippen LogP contribution in [0, 0.1) is 0 Å². The van der Waals surface area contributed by atoms with Crippen molar-refractivity contribution in [3.8, 4) is 17.4 Å². The average molecular weight is 521 g/mol. The molecule has 34 heavy (non-hydrogen) atoms. The van der Waals surface area contributed by atoms with Gasteiger partial charge >= 0.3 is 4.87 Å². The van der Waals surface area contributed by atoms with Crippen LogP contribution in [-0.2, 0) is 11.2 Å². The molecule has 10 heteroatoms. The summed E-state index contributed by atoms with van der Waals surface area (Å²) in [4.78, 5) is 16.1. The minimum absolute atomic E-state index is 0.0671. The van der Waals surface area contributed by atoms with E-state index in [-0.39, 0.29) is 22.9 Å². The van der Waals surface area contributed by atoms with E-state index < -0.39 is 0 Å². The molecule has 2 aromatic carbocycles. The Hall–Kier alpha value is -2.75. The highest BCUT2D eigenvalue weighted by molar-refractivity contribution is 7.80. The van der Waals surface area contributed by atoms with Crippen LogP contribution in [0.15, 0.2) is 53.3 Å². The molecule has 0 saturated carbocycles. The third-order valence-corrected chi connectivity index (χ3v) is 6.91. The van der Waals surface area contributed by atoms with E-state index in [1.165, 1.54) is 0 Å². The van der Waals surface area contributed by atoms with Crippen LogP contribution in [0.2, 0.25) is 5.02 Å². The van der Waals surface area contributed by atoms with E-state index in [4.69, 9.17) is 38.0 Å². The molecule has 2 atom stereocenters. The molecule has 2 unspecified atom stereocenters. The van der Waals surface area contributed by atoms with Gasteiger partial charge < -0.3 is 24.2 Å². The Bertz CT molecular complexity index is 1180. The van der Waals surface area contributed by atoms with E-state index in [0.717, 1.165) is 29.1 Å². The summed E-state index contributed by atoms with van der Waals surface area (Å²) in [5.41, 5.74) is 0.974. The molecule has 1 aromatic heterocycles. The Morgan fingerprint density at radius 1 is 1.26 bits per heavy atom. The number of aromatic hydroxyl groups is 1. The standard InChI is InChI=1S/C24H25ClN2O5S2/c1-2-17(27-12-20(32-24(27)33)14-31-19-5-3-4-16(25)11-19)13-30-18-8-6-15(7-9-18)10-21-22(28)26-23(29)34-21/h3-9,11,17,20,28H,2,10,12-14H2,1H3,(H,26,29). The molecule has 1 fully saturated rings. The second-order valence-electron chi connectivity index (χ2n) is 7.91. The zero-order chi connectivity index (χ0) is 24.1. The van der Waals surface area contributed by atoms with Crippen LogP contribution in [0.25, 0.3) is 0 Å². The van der Waals surface area contributed by atoms with E-state index in [1.807, 2.05) is 41.3 Å². The summed E-state index contributed by atoms with van der Waals surface area (Å²) in [6, 6.07) is 14.9. The normalized spacial score (nSPS) is 16.4. The Kier molecular flexibility index (Phi) is 7.97. The minimum Gasteiger partial charge on any atom is -0.494 e. The van der Waals surface area contributed by atoms with Gasteiger partial charge in [-0.2, -0.15) is 0 Å². The first-order valence-electron chi connectivity index (χ1n) is 10.9. The lowest BCUT2D eigenvalue weighted by molar-refractivity contribution is 0.144. The van der Waals surface area contributed by atoms with Crippen molar-refractivity contribution >= 4 is 40.3 Å². The van der Waals surface area contributed by atoms with E-state index in [9.17, 15) is 9.90 Å². The summed E-state index contributed by atoms with van der Waals surface area (Å²) < 4.78 is 17.7. The number of nitrogens with one attached hydrogen (secondary N) is 1. The zero-order valence-corrected chi connectivity index (χ0v) is 20.9. The summed E-state index contributed by atoms with van der Waals surface area (Å²) in [6.45, 7) is 3.55. The van der Waals surface area contributed by atoms with Crippen molar-refractivity contribution in [1.82, 2.24) is 9.88 Å². The highest BCUT2D eigenvalue weighted by Crippen LogP contribution is 2.24. The molecule has 0 amide bonds. The third kappa shape index (κ3) is 6.22. The first-order valence-corrected chi connectivity index (χ1v) is 12.5. The lowest BCUT2D eigenvalue weighted by Crippen LogP contribution is -2.40. The molecule has 0 bridgehead atoms. The van der Waals surface area contributed by atoms with Gasteiger partial charge in [0.2, 0.25) is 5.88 Å². The van der Waals surface area contributed by atoms with Crippen LogP contribution in [0.3, 0.4) is 0 Å². The average Bonchev–Trinajstić information content (AvgIpc) is 3.34. The predicted molar refractivity (Wildman–Crippen MR) is 137 cm³/mol. The quantitative estimate of drug-likeness (QED) is 0.378. The molecule has 1 aliphatic rings. The summed E-state index contributed by atoms with van der Waals surface area (Å²) in [5.74, 6) is 1.36. The minimum atomic E-state index is -0.264. The van der Waals surface area contributed by atoms with Crippen molar-refractivity contribution in [2.45, 2.75) is 31.9 Å². The van der Waals surface area contributed by atoms with Gasteiger partial charge in [0.05, 0.1) is 17.5 Å². The molecule has 3 aromatic rings. The van der Waals surface area contributed by atoms with E-state index in [1.54, 1.807) is 12.1 Å². The van der Waals surface area contributed by atoms with Crippen LogP contribution < -0.4 is 14.3 Å². The Labute approximate surface area is 211 Å². The first kappa shape index (κ1) is 24.4. The molecule has 0 aliphatic carbocycles. The van der Waals surface area contributed by atoms with E-state index in [0.29, 0.717) is 47.0 Å². The van der Waals surface area contributed by atoms with Gasteiger partial charge in [-0.3, -0.25) is 9.78 Å². The van der Waals surface area contributed by atoms with Gasteiger partial charge in [-0.1, -0.05) is 48.1 Å². The number of rotatable bonds is 10. The van der Waals surface area contributed by atoms with Gasteiger partial charge in [-0.25, -0.2) is 0 Å². The van der Waals surface area contributed by atoms with Crippen molar-refractivity contribution in [3.05, 3.63) is 73.7 Å². The molecule has 7 nitrogen and oxygen atoms in total. The molecular weight excluding hydrogens is 496 g/mol. The largest absolute Gasteiger partial charge is 0.494 e. The second-order valence-corrected chi connectivity index (χ2v) is 9.76. The SMILES string of the molecule is CCC(COc1ccc(Cc2sc(=O)[nH]c2O)cc1)N1CC(COc2cccc(Cl)c2)OC1=S. The first-order chi connectivity index (χ1) is 16.4. The van der Waals surface area contributed by atoms with E-state index >= 15 is 0 Å². The lowest BCUT2D eigenvalue weighted by Gasteiger charge is -2.26. The van der Waals surface area contributed by atoms with Gasteiger partial charge in [-0.15, -0.1) is 0 Å². The summed E-state index contributed by atoms with van der Waals surface area (Å²) in [7, 11) is 0. The fourth-order valence-corrected chi connectivity index (χ4v) is 4.95. The maximum absolute atomic E-state index is 11.3. The molecule has 2 N–H and O–H groups in total. The number of hydrogen-bond donors (Lipinski definition) is 2. The van der Waals surface area contributed by atoms with Crippen molar-refractivity contribution < 1.29 is 19.3 Å². The number of aromatic nitrogens is 1. The molecule has 1 saturated heterocycles. The Balaban J connectivity index is 1.28. The number of thiazole rings is 1. The van der Waals surface area contributed by atoms with Crippen molar-refractivity contribution in [2.24, 2.45) is 0 Å². The van der Waals surface area contributed by atoms with Crippen LogP contribution >= 0.6 is 35.2 Å². The third-order valence-electron chi connectivity index (χ3n) is 5.48. The number of nitrogens with zero attached hydrogens (tertiary/aromatic N) is 1. The fourth-order valence-electron chi connectivity index (χ4n) is 3.65. The molecule has 180 valence electrons. The van der Waals surface area contributed by atoms with Crippen molar-refractivity contribution in [1.29, 1.82) is 0 Å². The predicted octanol–water partition coefficient (Wildman–Crippen LogP) is 4.61. The maximum atomic E-state index is 11.3. The number of halogens is 1. The number of benzene rings is 2. The van der Waals surface area contributed by atoms with Crippen molar-refractivity contribution in [3.63, 3.8) is 0 Å². The lowest BCUT2D eigenvalue weighted by atomic mass is 10.1. The summed E-state index contributed by atoms with van der Waals surface area (Å²) in [5, 5.41) is 10.8. The Morgan fingerprint density at radius 3 is 2.74 bits per heavy atom. The fraction of sp³-hybridized carbons (Fsp3) is 0.333. The van der Waals surface area contributed by atoms with Gasteiger partial charge in [0.1, 0.15) is 24.7 Å². The zero-order valence-electron chi connectivity index (χ0n) is 18.5. The van der Waals surface area contributed by atoms with Gasteiger partial charge in [0.25, 0.3) is 5.17 Å². The smallest absolute Gasteiger partial charge is 0.307 e. The van der Waals surface area contributed by atoms with E-state index in [2.05, 4.69) is 11.9 Å². The number of hydrogen-bond acceptors (Lipinski definition) is 7. The van der Waals surface area contributed by atoms with Crippen molar-refractivity contribution in [2.75, 3.05) is 19.8 Å². The Morgan fingerprint density at radius 2 is 2.06 bits per heavy atom. The highest BCUT2D eigenvalue weighted by Gasteiger charge is 2.33. The molecule has 1 aliphatic heterocycles. The molecule has 0 radical (unpaired) electrons. The topological polar surface area (TPSA) is 84.0 Å². The summed E-state index contributed by atoms with van der Waals surface area (Å²) in [6.07, 6.45) is 1.15. The highest BCUT2D eigenvalue weighted by atomic mass is 35.5. The van der Waals surface area contributed by atoms with Crippen LogP contribution in [0.5, 0.6) is 17.4 Å². The van der Waals surface area contributed by atoms with Gasteiger partial charge in [0, 0.05) is 11.4 Å². The number of ether oxygens (including phenoxy) is 3. The van der Waals surface area contributed by atoms with Crippen LogP contribution in [0.1, 0.15) is 23.8 Å². The monoisotopic (exact) mass is 520 g/mol. The molecule has 4 rings (SSSR count). The number of H-pyrrole nitrogens is 1. The van der Waals surface area contributed by atoms with Gasteiger partial charge in [0.15, 0.2) is 6.10 Å². The molecular formula is C24H25ClN2O5S2. The maximum Gasteiger partial charge on any atom is 0.307 e. The molecule has 0 spiro atoms. The van der Waals surface area contributed by atoms with Gasteiger partial charge in [-0.05, 0) is 54.5 Å². The van der Waals surface area contributed by atoms with Crippen LogP contribution in [-0.4, -0.2) is 52.1 Å².